The molecule has 1 N–H and O–H groups in total. The van der Waals surface area contributed by atoms with Crippen LogP contribution in [-0.4, -0.2) is 16.1 Å². The molecule has 0 aliphatic rings. The molecule has 0 aliphatic carbocycles. The molecule has 0 saturated carbocycles. The lowest BCUT2D eigenvalue weighted by Gasteiger charge is -2.19. The molecular weight excluding hydrogens is 229 g/mol. The van der Waals surface area contributed by atoms with Crippen LogP contribution in [0.15, 0.2) is 30.6 Å². The third kappa shape index (κ3) is 2.43. The van der Waals surface area contributed by atoms with Gasteiger partial charge in [0.1, 0.15) is 11.6 Å². The average Bonchev–Trinajstić information content (AvgIpc) is 2.73. The molecular formula is C14H18FN3. The first kappa shape index (κ1) is 12.8. The van der Waals surface area contributed by atoms with Crippen LogP contribution in [0.25, 0.3) is 0 Å². The van der Waals surface area contributed by atoms with E-state index >= 15 is 0 Å². The summed E-state index contributed by atoms with van der Waals surface area (Å²) in [5.74, 6) is 0.628. The number of hydrogen-bond donors (Lipinski definition) is 1. The number of rotatable bonds is 4. The maximum atomic E-state index is 14.1. The van der Waals surface area contributed by atoms with Gasteiger partial charge in [-0.3, -0.25) is 0 Å². The minimum atomic E-state index is -0.212. The lowest BCUT2D eigenvalue weighted by Crippen LogP contribution is -2.25. The van der Waals surface area contributed by atoms with Gasteiger partial charge in [-0.25, -0.2) is 9.37 Å². The summed E-state index contributed by atoms with van der Waals surface area (Å²) in [4.78, 5) is 4.31. The summed E-state index contributed by atoms with van der Waals surface area (Å²) < 4.78 is 16.0. The van der Waals surface area contributed by atoms with Crippen molar-refractivity contribution < 1.29 is 4.39 Å². The zero-order chi connectivity index (χ0) is 13.1. The Bertz CT molecular complexity index is 534. The van der Waals surface area contributed by atoms with Crippen LogP contribution in [0.2, 0.25) is 0 Å². The van der Waals surface area contributed by atoms with Crippen molar-refractivity contribution in [3.63, 3.8) is 0 Å². The van der Waals surface area contributed by atoms with Gasteiger partial charge in [-0.15, -0.1) is 0 Å². The van der Waals surface area contributed by atoms with Gasteiger partial charge in [-0.1, -0.05) is 19.1 Å². The second-order valence-corrected chi connectivity index (χ2v) is 4.41. The van der Waals surface area contributed by atoms with Crippen molar-refractivity contribution in [3.05, 3.63) is 53.4 Å². The van der Waals surface area contributed by atoms with Crippen LogP contribution >= 0.6 is 0 Å². The van der Waals surface area contributed by atoms with Crippen LogP contribution in [0.5, 0.6) is 0 Å². The van der Waals surface area contributed by atoms with Crippen LogP contribution < -0.4 is 5.32 Å². The van der Waals surface area contributed by atoms with Crippen molar-refractivity contribution in [1.82, 2.24) is 14.9 Å². The largest absolute Gasteiger partial charge is 0.336 e. The first-order valence-electron chi connectivity index (χ1n) is 6.10. The number of benzene rings is 1. The Morgan fingerprint density at radius 3 is 2.78 bits per heavy atom. The maximum absolute atomic E-state index is 14.1. The predicted molar refractivity (Wildman–Crippen MR) is 69.9 cm³/mol. The van der Waals surface area contributed by atoms with Gasteiger partial charge in [0.25, 0.3) is 0 Å². The van der Waals surface area contributed by atoms with Crippen LogP contribution in [0.3, 0.4) is 0 Å². The molecule has 0 aliphatic heterocycles. The summed E-state index contributed by atoms with van der Waals surface area (Å²) >= 11 is 0. The smallest absolute Gasteiger partial charge is 0.130 e. The van der Waals surface area contributed by atoms with Gasteiger partial charge in [0.15, 0.2) is 0 Å². The third-order valence-corrected chi connectivity index (χ3v) is 2.99. The lowest BCUT2D eigenvalue weighted by molar-refractivity contribution is 0.531. The highest BCUT2D eigenvalue weighted by atomic mass is 19.1. The number of aryl methyl sites for hydroxylation is 2. The SMILES string of the molecule is CCNC(c1ccc(C)cc1F)c1nccn1C. The lowest BCUT2D eigenvalue weighted by atomic mass is 10.0. The molecule has 1 heterocycles. The Kier molecular flexibility index (Phi) is 3.77. The second-order valence-electron chi connectivity index (χ2n) is 4.41. The van der Waals surface area contributed by atoms with Gasteiger partial charge in [0.2, 0.25) is 0 Å². The molecule has 0 bridgehead atoms. The van der Waals surface area contributed by atoms with Crippen molar-refractivity contribution in [1.29, 1.82) is 0 Å². The van der Waals surface area contributed by atoms with Crippen LogP contribution in [-0.2, 0) is 7.05 Å². The zero-order valence-corrected chi connectivity index (χ0v) is 10.9. The van der Waals surface area contributed by atoms with Gasteiger partial charge < -0.3 is 9.88 Å². The molecule has 96 valence electrons. The van der Waals surface area contributed by atoms with Crippen LogP contribution in [0, 0.1) is 12.7 Å². The quantitative estimate of drug-likeness (QED) is 0.900. The van der Waals surface area contributed by atoms with Crippen molar-refractivity contribution >= 4 is 0 Å². The van der Waals surface area contributed by atoms with E-state index in [9.17, 15) is 4.39 Å². The number of aromatic nitrogens is 2. The first-order valence-corrected chi connectivity index (χ1v) is 6.10. The summed E-state index contributed by atoms with van der Waals surface area (Å²) in [6.07, 6.45) is 3.59. The van der Waals surface area contributed by atoms with E-state index in [1.54, 1.807) is 12.3 Å². The van der Waals surface area contributed by atoms with Gasteiger partial charge in [0.05, 0.1) is 6.04 Å². The highest BCUT2D eigenvalue weighted by Crippen LogP contribution is 2.23. The Balaban J connectivity index is 2.45. The molecule has 4 heteroatoms. The molecule has 0 saturated heterocycles. The summed E-state index contributed by atoms with van der Waals surface area (Å²) in [5, 5.41) is 3.28. The van der Waals surface area contributed by atoms with Crippen LogP contribution in [0.1, 0.15) is 29.9 Å². The highest BCUT2D eigenvalue weighted by Gasteiger charge is 2.20. The molecule has 0 amide bonds. The Morgan fingerprint density at radius 2 is 2.22 bits per heavy atom. The molecule has 1 aromatic heterocycles. The van der Waals surface area contributed by atoms with Gasteiger partial charge >= 0.3 is 0 Å². The molecule has 3 nitrogen and oxygen atoms in total. The summed E-state index contributed by atoms with van der Waals surface area (Å²) in [6, 6.07) is 5.09. The molecule has 0 radical (unpaired) electrons. The number of nitrogens with zero attached hydrogens (tertiary/aromatic N) is 2. The molecule has 18 heavy (non-hydrogen) atoms. The number of nitrogens with one attached hydrogen (secondary N) is 1. The second kappa shape index (κ2) is 5.31. The summed E-state index contributed by atoms with van der Waals surface area (Å²) in [6.45, 7) is 4.64. The van der Waals surface area contributed by atoms with Gasteiger partial charge in [0, 0.05) is 25.0 Å². The minimum Gasteiger partial charge on any atom is -0.336 e. The monoisotopic (exact) mass is 247 g/mol. The van der Waals surface area contributed by atoms with Gasteiger partial charge in [-0.2, -0.15) is 0 Å². The summed E-state index contributed by atoms with van der Waals surface area (Å²) in [7, 11) is 1.92. The molecule has 1 unspecified atom stereocenters. The zero-order valence-electron chi connectivity index (χ0n) is 10.9. The normalized spacial score (nSPS) is 12.7. The highest BCUT2D eigenvalue weighted by molar-refractivity contribution is 5.30. The van der Waals surface area contributed by atoms with E-state index in [1.165, 1.54) is 0 Å². The Labute approximate surface area is 107 Å². The minimum absolute atomic E-state index is 0.191. The van der Waals surface area contributed by atoms with Crippen LogP contribution in [0.4, 0.5) is 4.39 Å². The Hall–Kier alpha value is -1.68. The van der Waals surface area contributed by atoms with E-state index in [0.29, 0.717) is 5.56 Å². The van der Waals surface area contributed by atoms with Crippen molar-refractivity contribution in [2.45, 2.75) is 19.9 Å². The average molecular weight is 247 g/mol. The molecule has 2 aromatic rings. The molecule has 1 aromatic carbocycles. The van der Waals surface area contributed by atoms with E-state index in [2.05, 4.69) is 10.3 Å². The third-order valence-electron chi connectivity index (χ3n) is 2.99. The standard InChI is InChI=1S/C14H18FN3/c1-4-16-13(14-17-7-8-18(14)3)11-6-5-10(2)9-12(11)15/h5-9,13,16H,4H2,1-3H3. The fourth-order valence-corrected chi connectivity index (χ4v) is 2.07. The number of hydrogen-bond acceptors (Lipinski definition) is 2. The predicted octanol–water partition coefficient (Wildman–Crippen LogP) is 2.57. The van der Waals surface area contributed by atoms with Crippen molar-refractivity contribution in [3.8, 4) is 0 Å². The first-order chi connectivity index (χ1) is 8.63. The summed E-state index contributed by atoms with van der Waals surface area (Å²) in [5.41, 5.74) is 1.56. The van der Waals surface area contributed by atoms with E-state index in [4.69, 9.17) is 0 Å². The molecule has 0 fully saturated rings. The fourth-order valence-electron chi connectivity index (χ4n) is 2.07. The van der Waals surface area contributed by atoms with Crippen molar-refractivity contribution in [2.24, 2.45) is 7.05 Å². The van der Waals surface area contributed by atoms with Gasteiger partial charge in [-0.05, 0) is 25.1 Å². The van der Waals surface area contributed by atoms with E-state index in [0.717, 1.165) is 17.9 Å². The topological polar surface area (TPSA) is 29.9 Å². The molecule has 0 spiro atoms. The van der Waals surface area contributed by atoms with E-state index in [1.807, 2.05) is 43.8 Å². The van der Waals surface area contributed by atoms with E-state index in [-0.39, 0.29) is 11.9 Å². The number of halogens is 1. The molecule has 1 atom stereocenters. The van der Waals surface area contributed by atoms with Crippen molar-refractivity contribution in [2.75, 3.05) is 6.54 Å². The van der Waals surface area contributed by atoms with E-state index < -0.39 is 0 Å². The Morgan fingerprint density at radius 1 is 1.44 bits per heavy atom. The maximum Gasteiger partial charge on any atom is 0.130 e. The fraction of sp³-hybridized carbons (Fsp3) is 0.357. The molecule has 2 rings (SSSR count). The number of imidazole rings is 1.